The summed E-state index contributed by atoms with van der Waals surface area (Å²) in [6, 6.07) is 17.0. The molecule has 3 rings (SSSR count). The first kappa shape index (κ1) is 16.2. The Hall–Kier alpha value is -2.67. The van der Waals surface area contributed by atoms with Crippen LogP contribution in [0.4, 0.5) is 5.95 Å². The molecule has 3 aromatic rings. The van der Waals surface area contributed by atoms with Crippen molar-refractivity contribution in [1.29, 1.82) is 0 Å². The summed E-state index contributed by atoms with van der Waals surface area (Å²) in [6.07, 6.45) is 1.52. The first-order chi connectivity index (χ1) is 11.5. The van der Waals surface area contributed by atoms with E-state index in [9.17, 15) is 8.42 Å². The summed E-state index contributed by atoms with van der Waals surface area (Å²) in [4.78, 5) is 4.03. The summed E-state index contributed by atoms with van der Waals surface area (Å²) >= 11 is 0. The number of nitrogens with zero attached hydrogens (tertiary/aromatic N) is 3. The molecule has 1 aromatic heterocycles. The minimum atomic E-state index is -3.54. The van der Waals surface area contributed by atoms with Crippen LogP contribution in [0.15, 0.2) is 60.9 Å². The molecule has 0 amide bonds. The molecule has 1 N–H and O–H groups in total. The van der Waals surface area contributed by atoms with Crippen LogP contribution < -0.4 is 4.72 Å². The van der Waals surface area contributed by atoms with Gasteiger partial charge in [-0.05, 0) is 23.6 Å². The Balaban J connectivity index is 1.68. The molecule has 0 unspecified atom stereocenters. The van der Waals surface area contributed by atoms with Gasteiger partial charge < -0.3 is 0 Å². The first-order valence-corrected chi connectivity index (χ1v) is 9.15. The fraction of sp³-hybridized carbons (Fsp3) is 0.176. The second-order valence-electron chi connectivity index (χ2n) is 5.54. The maximum atomic E-state index is 12.2. The molecule has 0 aliphatic carbocycles. The number of aromatic nitrogens is 3. The van der Waals surface area contributed by atoms with Crippen LogP contribution in [-0.4, -0.2) is 23.2 Å². The Morgan fingerprint density at radius 3 is 2.50 bits per heavy atom. The first-order valence-electron chi connectivity index (χ1n) is 7.50. The molecular formula is C17H18N4O2S. The van der Waals surface area contributed by atoms with Gasteiger partial charge in [-0.15, -0.1) is 5.10 Å². The van der Waals surface area contributed by atoms with Gasteiger partial charge in [0.2, 0.25) is 10.0 Å². The molecule has 0 fully saturated rings. The Morgan fingerprint density at radius 1 is 1.04 bits per heavy atom. The van der Waals surface area contributed by atoms with E-state index in [2.05, 4.69) is 14.8 Å². The van der Waals surface area contributed by atoms with E-state index < -0.39 is 10.0 Å². The molecule has 0 aliphatic heterocycles. The van der Waals surface area contributed by atoms with Crippen molar-refractivity contribution in [3.63, 3.8) is 0 Å². The Kier molecular flexibility index (Phi) is 4.61. The number of anilines is 1. The van der Waals surface area contributed by atoms with Crippen molar-refractivity contribution in [3.8, 4) is 0 Å². The van der Waals surface area contributed by atoms with E-state index in [4.69, 9.17) is 0 Å². The second kappa shape index (κ2) is 6.84. The second-order valence-corrected chi connectivity index (χ2v) is 7.26. The summed E-state index contributed by atoms with van der Waals surface area (Å²) in [5.41, 5.74) is 2.98. The average molecular weight is 342 g/mol. The van der Waals surface area contributed by atoms with Gasteiger partial charge in [-0.3, -0.25) is 0 Å². The molecule has 0 bridgehead atoms. The molecule has 0 atom stereocenters. The molecule has 7 heteroatoms. The monoisotopic (exact) mass is 342 g/mol. The predicted octanol–water partition coefficient (Wildman–Crippen LogP) is 2.58. The molecule has 2 aromatic carbocycles. The summed E-state index contributed by atoms with van der Waals surface area (Å²) in [6.45, 7) is 2.57. The summed E-state index contributed by atoms with van der Waals surface area (Å²) < 4.78 is 28.4. The van der Waals surface area contributed by atoms with Crippen molar-refractivity contribution >= 4 is 16.0 Å². The molecule has 0 saturated carbocycles. The van der Waals surface area contributed by atoms with Crippen molar-refractivity contribution in [2.75, 3.05) is 4.72 Å². The molecule has 0 saturated heterocycles. The fourth-order valence-corrected chi connectivity index (χ4v) is 3.42. The van der Waals surface area contributed by atoms with E-state index in [-0.39, 0.29) is 11.7 Å². The lowest BCUT2D eigenvalue weighted by Gasteiger charge is -2.05. The standard InChI is InChI=1S/C17H18N4O2S/c1-14-7-5-6-10-16(14)11-21-13-18-17(19-21)20-24(22,23)12-15-8-3-2-4-9-15/h2-10,13H,11-12H2,1H3,(H,19,20). The summed E-state index contributed by atoms with van der Waals surface area (Å²) in [5.74, 6) is -0.0281. The van der Waals surface area contributed by atoms with E-state index >= 15 is 0 Å². The molecule has 124 valence electrons. The normalized spacial score (nSPS) is 11.4. The van der Waals surface area contributed by atoms with Gasteiger partial charge in [0.1, 0.15) is 6.33 Å². The third-order valence-corrected chi connectivity index (χ3v) is 4.78. The van der Waals surface area contributed by atoms with Gasteiger partial charge >= 0.3 is 0 Å². The van der Waals surface area contributed by atoms with E-state index in [1.165, 1.54) is 6.33 Å². The largest absolute Gasteiger partial charge is 0.255 e. The van der Waals surface area contributed by atoms with Crippen molar-refractivity contribution in [2.24, 2.45) is 0 Å². The highest BCUT2D eigenvalue weighted by atomic mass is 32.2. The maximum Gasteiger partial charge on any atom is 0.255 e. The predicted molar refractivity (Wildman–Crippen MR) is 93.0 cm³/mol. The zero-order valence-electron chi connectivity index (χ0n) is 13.3. The van der Waals surface area contributed by atoms with Gasteiger partial charge in [-0.2, -0.15) is 4.98 Å². The van der Waals surface area contributed by atoms with E-state index in [1.54, 1.807) is 28.9 Å². The number of sulfonamides is 1. The van der Waals surface area contributed by atoms with Crippen molar-refractivity contribution in [1.82, 2.24) is 14.8 Å². The zero-order chi connectivity index (χ0) is 17.0. The van der Waals surface area contributed by atoms with E-state index in [0.29, 0.717) is 12.1 Å². The van der Waals surface area contributed by atoms with Crippen LogP contribution >= 0.6 is 0 Å². The summed E-state index contributed by atoms with van der Waals surface area (Å²) in [7, 11) is -3.54. The number of hydrogen-bond acceptors (Lipinski definition) is 4. The molecule has 1 heterocycles. The lowest BCUT2D eigenvalue weighted by molar-refractivity contribution is 0.599. The van der Waals surface area contributed by atoms with E-state index in [0.717, 1.165) is 11.1 Å². The summed E-state index contributed by atoms with van der Waals surface area (Å²) in [5, 5.41) is 4.19. The fourth-order valence-electron chi connectivity index (χ4n) is 2.35. The Labute approximate surface area is 141 Å². The van der Waals surface area contributed by atoms with Crippen LogP contribution in [0.5, 0.6) is 0 Å². The SMILES string of the molecule is Cc1ccccc1Cn1cnc(NS(=O)(=O)Cc2ccccc2)n1. The van der Waals surface area contributed by atoms with Crippen molar-refractivity contribution in [2.45, 2.75) is 19.2 Å². The average Bonchev–Trinajstić information content (AvgIpc) is 2.96. The Bertz CT molecular complexity index is 921. The van der Waals surface area contributed by atoms with Crippen LogP contribution in [0.1, 0.15) is 16.7 Å². The third kappa shape index (κ3) is 4.20. The van der Waals surface area contributed by atoms with Gasteiger partial charge in [0.15, 0.2) is 0 Å². The number of rotatable bonds is 6. The van der Waals surface area contributed by atoms with Gasteiger partial charge in [0.05, 0.1) is 12.3 Å². The van der Waals surface area contributed by atoms with Gasteiger partial charge in [0.25, 0.3) is 5.95 Å². The van der Waals surface area contributed by atoms with Gasteiger partial charge in [-0.25, -0.2) is 17.8 Å². The van der Waals surface area contributed by atoms with Gasteiger partial charge in [0, 0.05) is 0 Å². The van der Waals surface area contributed by atoms with Crippen molar-refractivity contribution in [3.05, 3.63) is 77.6 Å². The maximum absolute atomic E-state index is 12.2. The molecule has 0 aliphatic rings. The lowest BCUT2D eigenvalue weighted by atomic mass is 10.1. The molecular weight excluding hydrogens is 324 g/mol. The topological polar surface area (TPSA) is 76.9 Å². The highest BCUT2D eigenvalue weighted by molar-refractivity contribution is 7.91. The minimum absolute atomic E-state index is 0.0829. The van der Waals surface area contributed by atoms with Crippen LogP contribution in [0.2, 0.25) is 0 Å². The number of benzene rings is 2. The van der Waals surface area contributed by atoms with E-state index in [1.807, 2.05) is 37.3 Å². The van der Waals surface area contributed by atoms with Crippen LogP contribution in [-0.2, 0) is 22.3 Å². The van der Waals surface area contributed by atoms with Crippen LogP contribution in [0, 0.1) is 6.92 Å². The van der Waals surface area contributed by atoms with Crippen LogP contribution in [0.25, 0.3) is 0 Å². The lowest BCUT2D eigenvalue weighted by Crippen LogP contribution is -2.16. The molecule has 0 radical (unpaired) electrons. The third-order valence-electron chi connectivity index (χ3n) is 3.58. The number of hydrogen-bond donors (Lipinski definition) is 1. The smallest absolute Gasteiger partial charge is 0.250 e. The van der Waals surface area contributed by atoms with Crippen LogP contribution in [0.3, 0.4) is 0 Å². The highest BCUT2D eigenvalue weighted by Crippen LogP contribution is 2.11. The molecule has 24 heavy (non-hydrogen) atoms. The quantitative estimate of drug-likeness (QED) is 0.747. The number of aryl methyl sites for hydroxylation is 1. The Morgan fingerprint density at radius 2 is 1.75 bits per heavy atom. The minimum Gasteiger partial charge on any atom is -0.250 e. The van der Waals surface area contributed by atoms with Crippen molar-refractivity contribution < 1.29 is 8.42 Å². The highest BCUT2D eigenvalue weighted by Gasteiger charge is 2.14. The molecule has 6 nitrogen and oxygen atoms in total. The zero-order valence-corrected chi connectivity index (χ0v) is 14.1. The van der Waals surface area contributed by atoms with Gasteiger partial charge in [-0.1, -0.05) is 54.6 Å². The number of nitrogens with one attached hydrogen (secondary N) is 1. The molecule has 0 spiro atoms.